The zero-order valence-corrected chi connectivity index (χ0v) is 11.5. The number of nitriles is 1. The Labute approximate surface area is 119 Å². The smallest absolute Gasteiger partial charge is 0.425 e. The van der Waals surface area contributed by atoms with Crippen LogP contribution in [0.2, 0.25) is 0 Å². The summed E-state index contributed by atoms with van der Waals surface area (Å²) in [5.41, 5.74) is -3.43. The molecule has 0 bridgehead atoms. The van der Waals surface area contributed by atoms with E-state index in [2.05, 4.69) is 5.32 Å². The number of hydrogen-bond acceptors (Lipinski definition) is 4. The maximum Gasteiger partial charge on any atom is 0.425 e. The molecule has 0 spiro atoms. The molecule has 0 aliphatic rings. The Hall–Kier alpha value is -2.01. The molecule has 0 aliphatic carbocycles. The van der Waals surface area contributed by atoms with Gasteiger partial charge < -0.3 is 14.8 Å². The van der Waals surface area contributed by atoms with Crippen LogP contribution in [0.4, 0.5) is 13.2 Å². The van der Waals surface area contributed by atoms with Gasteiger partial charge in [-0.05, 0) is 25.5 Å². The molecule has 1 aromatic rings. The van der Waals surface area contributed by atoms with Crippen LogP contribution in [0.1, 0.15) is 31.3 Å². The third-order valence-corrected chi connectivity index (χ3v) is 2.93. The Bertz CT molecular complexity index is 548. The molecule has 2 unspecified atom stereocenters. The lowest BCUT2D eigenvalue weighted by Gasteiger charge is -2.28. The minimum atomic E-state index is -5.09. The molecule has 1 aromatic heterocycles. The van der Waals surface area contributed by atoms with Crippen LogP contribution in [-0.2, 0) is 10.4 Å². The maximum absolute atomic E-state index is 13.1. The highest BCUT2D eigenvalue weighted by Gasteiger charge is 2.58. The second kappa shape index (κ2) is 6.18. The highest BCUT2D eigenvalue weighted by molar-refractivity contribution is 5.78. The van der Waals surface area contributed by atoms with E-state index in [0.29, 0.717) is 0 Å². The molecule has 0 radical (unpaired) electrons. The fourth-order valence-electron chi connectivity index (χ4n) is 1.69. The second-order valence-electron chi connectivity index (χ2n) is 4.60. The molecular formula is C13H15F3N2O3. The molecule has 1 heterocycles. The average Bonchev–Trinajstić information content (AvgIpc) is 2.81. The van der Waals surface area contributed by atoms with E-state index in [9.17, 15) is 23.1 Å². The highest BCUT2D eigenvalue weighted by Crippen LogP contribution is 2.42. The van der Waals surface area contributed by atoms with Gasteiger partial charge in [-0.15, -0.1) is 0 Å². The summed E-state index contributed by atoms with van der Waals surface area (Å²) in [5.74, 6) is -1.67. The molecule has 1 rings (SSSR count). The van der Waals surface area contributed by atoms with E-state index < -0.39 is 35.9 Å². The molecule has 2 atom stereocenters. The Morgan fingerprint density at radius 2 is 2.14 bits per heavy atom. The second-order valence-corrected chi connectivity index (χ2v) is 4.60. The summed E-state index contributed by atoms with van der Waals surface area (Å²) in [4.78, 5) is 11.6. The minimum Gasteiger partial charge on any atom is -0.463 e. The number of nitrogens with one attached hydrogen (secondary N) is 1. The van der Waals surface area contributed by atoms with Gasteiger partial charge in [0, 0.05) is 0 Å². The summed E-state index contributed by atoms with van der Waals surface area (Å²) in [7, 11) is 0. The molecule has 8 heteroatoms. The van der Waals surface area contributed by atoms with Gasteiger partial charge >= 0.3 is 6.18 Å². The van der Waals surface area contributed by atoms with Gasteiger partial charge in [0.15, 0.2) is 0 Å². The number of nitrogens with zero attached hydrogens (tertiary/aromatic N) is 1. The molecule has 1 amide bonds. The van der Waals surface area contributed by atoms with E-state index in [4.69, 9.17) is 9.68 Å². The third-order valence-electron chi connectivity index (χ3n) is 2.93. The predicted molar refractivity (Wildman–Crippen MR) is 65.8 cm³/mol. The van der Waals surface area contributed by atoms with Crippen LogP contribution in [0.25, 0.3) is 0 Å². The zero-order chi connectivity index (χ0) is 16.3. The lowest BCUT2D eigenvalue weighted by molar-refractivity contribution is -0.273. The molecule has 0 fully saturated rings. The number of halogens is 3. The first-order chi connectivity index (χ1) is 9.64. The summed E-state index contributed by atoms with van der Waals surface area (Å²) in [6.45, 7) is 3.02. The quantitative estimate of drug-likeness (QED) is 0.872. The fourth-order valence-corrected chi connectivity index (χ4v) is 1.69. The Balaban J connectivity index is 3.01. The number of carbonyl (C=O) groups excluding carboxylic acids is 1. The first-order valence-electron chi connectivity index (χ1n) is 6.19. The topological polar surface area (TPSA) is 86.3 Å². The van der Waals surface area contributed by atoms with Crippen molar-refractivity contribution in [1.82, 2.24) is 5.32 Å². The van der Waals surface area contributed by atoms with Gasteiger partial charge in [-0.1, -0.05) is 6.92 Å². The molecule has 2 N–H and O–H groups in total. The molecule has 0 saturated heterocycles. The molecule has 5 nitrogen and oxygen atoms in total. The largest absolute Gasteiger partial charge is 0.463 e. The lowest BCUT2D eigenvalue weighted by atomic mass is 9.95. The molecule has 0 saturated carbocycles. The Morgan fingerprint density at radius 1 is 1.52 bits per heavy atom. The van der Waals surface area contributed by atoms with Crippen LogP contribution in [0, 0.1) is 18.3 Å². The van der Waals surface area contributed by atoms with E-state index in [0.717, 1.165) is 6.07 Å². The summed E-state index contributed by atoms with van der Waals surface area (Å²) in [6, 6.07) is 3.05. The van der Waals surface area contributed by atoms with Gasteiger partial charge in [-0.25, -0.2) is 0 Å². The summed E-state index contributed by atoms with van der Waals surface area (Å²) >= 11 is 0. The Kier molecular flexibility index (Phi) is 5.01. The minimum absolute atomic E-state index is 0.177. The molecular weight excluding hydrogens is 289 g/mol. The number of alkyl halides is 3. The molecule has 0 aliphatic heterocycles. The summed E-state index contributed by atoms with van der Waals surface area (Å²) < 4.78 is 44.1. The predicted octanol–water partition coefficient (Wildman–Crippen LogP) is 2.15. The number of furan rings is 1. The molecule has 116 valence electrons. The normalized spacial score (nSPS) is 15.9. The van der Waals surface area contributed by atoms with Crippen molar-refractivity contribution in [1.29, 1.82) is 5.26 Å². The number of amides is 1. The van der Waals surface area contributed by atoms with Gasteiger partial charge in [-0.2, -0.15) is 18.4 Å². The van der Waals surface area contributed by atoms with E-state index in [-0.39, 0.29) is 12.2 Å². The SMILES string of the molecule is CCC(C#N)NC(=O)CC(O)(c1ccc(C)o1)C(F)(F)F. The van der Waals surface area contributed by atoms with Crippen LogP contribution >= 0.6 is 0 Å². The van der Waals surface area contributed by atoms with Crippen molar-refractivity contribution in [2.24, 2.45) is 0 Å². The van der Waals surface area contributed by atoms with E-state index in [1.807, 2.05) is 0 Å². The van der Waals surface area contributed by atoms with Crippen molar-refractivity contribution in [2.75, 3.05) is 0 Å². The first kappa shape index (κ1) is 17.0. The van der Waals surface area contributed by atoms with Gasteiger partial charge in [-0.3, -0.25) is 4.79 Å². The number of aryl methyl sites for hydroxylation is 1. The summed E-state index contributed by atoms with van der Waals surface area (Å²) in [6.07, 6.45) is -6.13. The van der Waals surface area contributed by atoms with Gasteiger partial charge in [0.1, 0.15) is 17.6 Å². The zero-order valence-electron chi connectivity index (χ0n) is 11.5. The van der Waals surface area contributed by atoms with Crippen LogP contribution < -0.4 is 5.32 Å². The highest BCUT2D eigenvalue weighted by atomic mass is 19.4. The maximum atomic E-state index is 13.1. The van der Waals surface area contributed by atoms with Crippen molar-refractivity contribution >= 4 is 5.91 Å². The van der Waals surface area contributed by atoms with E-state index in [1.165, 1.54) is 13.0 Å². The van der Waals surface area contributed by atoms with Crippen molar-refractivity contribution in [3.63, 3.8) is 0 Å². The Morgan fingerprint density at radius 3 is 2.52 bits per heavy atom. The number of rotatable bonds is 5. The fraction of sp³-hybridized carbons (Fsp3) is 0.538. The van der Waals surface area contributed by atoms with Crippen LogP contribution in [0.5, 0.6) is 0 Å². The van der Waals surface area contributed by atoms with Crippen LogP contribution in [0.3, 0.4) is 0 Å². The van der Waals surface area contributed by atoms with Crippen molar-refractivity contribution in [3.8, 4) is 6.07 Å². The monoisotopic (exact) mass is 304 g/mol. The molecule has 21 heavy (non-hydrogen) atoms. The van der Waals surface area contributed by atoms with Crippen molar-refractivity contribution in [3.05, 3.63) is 23.7 Å². The van der Waals surface area contributed by atoms with Crippen molar-refractivity contribution < 1.29 is 27.5 Å². The van der Waals surface area contributed by atoms with Crippen LogP contribution in [0.15, 0.2) is 16.5 Å². The van der Waals surface area contributed by atoms with E-state index in [1.54, 1.807) is 13.0 Å². The number of hydrogen-bond donors (Lipinski definition) is 2. The van der Waals surface area contributed by atoms with Crippen molar-refractivity contribution in [2.45, 2.75) is 44.5 Å². The first-order valence-corrected chi connectivity index (χ1v) is 6.19. The van der Waals surface area contributed by atoms with Gasteiger partial charge in [0.2, 0.25) is 11.5 Å². The average molecular weight is 304 g/mol. The van der Waals surface area contributed by atoms with Crippen LogP contribution in [-0.4, -0.2) is 23.2 Å². The van der Waals surface area contributed by atoms with Gasteiger partial charge in [0.25, 0.3) is 0 Å². The van der Waals surface area contributed by atoms with Gasteiger partial charge in [0.05, 0.1) is 12.5 Å². The standard InChI is InChI=1S/C13H15F3N2O3/c1-3-9(7-17)18-11(19)6-12(20,13(14,15)16)10-5-4-8(2)21-10/h4-5,9,20H,3,6H2,1-2H3,(H,18,19). The summed E-state index contributed by atoms with van der Waals surface area (Å²) in [5, 5.41) is 20.7. The molecule has 0 aromatic carbocycles. The lowest BCUT2D eigenvalue weighted by Crippen LogP contribution is -2.47. The van der Waals surface area contributed by atoms with E-state index >= 15 is 0 Å². The number of carbonyl (C=O) groups is 1. The third kappa shape index (κ3) is 3.76. The number of aliphatic hydroxyl groups is 1.